The zero-order chi connectivity index (χ0) is 29.0. The van der Waals surface area contributed by atoms with E-state index in [1.54, 1.807) is 0 Å². The first-order valence-electron chi connectivity index (χ1n) is 12.3. The molecule has 14 heteroatoms. The molecule has 216 valence electrons. The number of aromatic hydroxyl groups is 4. The van der Waals surface area contributed by atoms with Crippen LogP contribution >= 0.6 is 0 Å². The number of hydrogen-bond donors (Lipinski definition) is 9. The normalized spacial score (nSPS) is 32.8. The van der Waals surface area contributed by atoms with Gasteiger partial charge in [-0.25, -0.2) is 0 Å². The summed E-state index contributed by atoms with van der Waals surface area (Å²) in [5.41, 5.74) is -1.19. The van der Waals surface area contributed by atoms with Gasteiger partial charge in [-0.2, -0.15) is 0 Å². The Morgan fingerprint density at radius 2 is 1.57 bits per heavy atom. The molecular formula is C26H28O14. The van der Waals surface area contributed by atoms with Gasteiger partial charge in [0.25, 0.3) is 0 Å². The zero-order valence-electron chi connectivity index (χ0n) is 20.9. The van der Waals surface area contributed by atoms with Gasteiger partial charge in [0.15, 0.2) is 23.2 Å². The van der Waals surface area contributed by atoms with Gasteiger partial charge in [0.2, 0.25) is 0 Å². The molecule has 0 unspecified atom stereocenters. The van der Waals surface area contributed by atoms with Crippen molar-refractivity contribution in [3.8, 4) is 34.3 Å². The predicted octanol–water partition coefficient (Wildman–Crippen LogP) is -0.712. The fourth-order valence-electron chi connectivity index (χ4n) is 4.88. The van der Waals surface area contributed by atoms with Crippen LogP contribution in [0.4, 0.5) is 0 Å². The summed E-state index contributed by atoms with van der Waals surface area (Å²) in [5, 5.41) is 92.4. The maximum Gasteiger partial charge on any atom is 0.197 e. The molecule has 2 aliphatic heterocycles. The molecule has 2 fully saturated rings. The van der Waals surface area contributed by atoms with Crippen molar-refractivity contribution in [1.82, 2.24) is 0 Å². The van der Waals surface area contributed by atoms with Gasteiger partial charge in [0, 0.05) is 17.7 Å². The molecule has 0 radical (unpaired) electrons. The molecule has 9 atom stereocenters. The molecule has 0 spiro atoms. The molecule has 14 nitrogen and oxygen atoms in total. The lowest BCUT2D eigenvalue weighted by Gasteiger charge is -2.44. The summed E-state index contributed by atoms with van der Waals surface area (Å²) < 4.78 is 22.4. The van der Waals surface area contributed by atoms with Crippen LogP contribution < -0.4 is 5.43 Å². The highest BCUT2D eigenvalue weighted by atomic mass is 16.7. The maximum absolute atomic E-state index is 13.1. The van der Waals surface area contributed by atoms with E-state index in [1.807, 2.05) is 0 Å². The van der Waals surface area contributed by atoms with Crippen LogP contribution in [-0.4, -0.2) is 102 Å². The summed E-state index contributed by atoms with van der Waals surface area (Å²) in [7, 11) is 0. The topological polar surface area (TPSA) is 240 Å². The fourth-order valence-corrected chi connectivity index (χ4v) is 4.88. The Morgan fingerprint density at radius 1 is 0.850 bits per heavy atom. The van der Waals surface area contributed by atoms with E-state index in [4.69, 9.17) is 18.6 Å². The first-order valence-corrected chi connectivity index (χ1v) is 12.3. The van der Waals surface area contributed by atoms with Crippen LogP contribution in [0.25, 0.3) is 22.3 Å². The Bertz CT molecular complexity index is 1470. The standard InChI is InChI=1S/C26H28O14/c1-8-19(32)22(35)23(36)26(38-8)40-25-20(33)14(31)7-37-24(25)18-13(30)6-16-17(21(18)34)12(29)5-15(39-16)9-2-3-10(27)11(28)4-9/h2-6,8,14,19-20,22-28,30-36H,7H2,1H3/t8-,14-,19-,20-,22+,23+,24-,25+,26-/m0/s1. The Kier molecular flexibility index (Phi) is 7.37. The summed E-state index contributed by atoms with van der Waals surface area (Å²) >= 11 is 0. The minimum Gasteiger partial charge on any atom is -0.507 e. The third kappa shape index (κ3) is 4.74. The van der Waals surface area contributed by atoms with Crippen LogP contribution in [0.15, 0.2) is 39.5 Å². The smallest absolute Gasteiger partial charge is 0.197 e. The number of rotatable bonds is 4. The first-order chi connectivity index (χ1) is 18.9. The molecule has 1 aromatic heterocycles. The zero-order valence-corrected chi connectivity index (χ0v) is 20.9. The number of aliphatic hydroxyl groups is 5. The van der Waals surface area contributed by atoms with Crippen molar-refractivity contribution in [3.63, 3.8) is 0 Å². The quantitative estimate of drug-likeness (QED) is 0.178. The highest BCUT2D eigenvalue weighted by molar-refractivity contribution is 5.88. The Hall–Kier alpha value is -3.47. The lowest BCUT2D eigenvalue weighted by molar-refractivity contribution is -0.331. The van der Waals surface area contributed by atoms with E-state index < -0.39 is 95.7 Å². The van der Waals surface area contributed by atoms with Crippen molar-refractivity contribution in [2.24, 2.45) is 0 Å². The monoisotopic (exact) mass is 564 g/mol. The van der Waals surface area contributed by atoms with Crippen molar-refractivity contribution in [3.05, 3.63) is 46.1 Å². The first kappa shape index (κ1) is 28.1. The van der Waals surface area contributed by atoms with E-state index in [9.17, 15) is 50.8 Å². The Morgan fingerprint density at radius 3 is 2.27 bits per heavy atom. The second-order valence-electron chi connectivity index (χ2n) is 9.80. The highest BCUT2D eigenvalue weighted by Crippen LogP contribution is 2.45. The van der Waals surface area contributed by atoms with Crippen molar-refractivity contribution in [2.45, 2.75) is 62.0 Å². The van der Waals surface area contributed by atoms with Crippen molar-refractivity contribution in [1.29, 1.82) is 0 Å². The van der Waals surface area contributed by atoms with Crippen molar-refractivity contribution in [2.75, 3.05) is 6.61 Å². The van der Waals surface area contributed by atoms with E-state index in [0.29, 0.717) is 0 Å². The second kappa shape index (κ2) is 10.5. The molecule has 40 heavy (non-hydrogen) atoms. The van der Waals surface area contributed by atoms with Crippen LogP contribution in [-0.2, 0) is 14.2 Å². The van der Waals surface area contributed by atoms with Gasteiger partial charge < -0.3 is 64.6 Å². The maximum atomic E-state index is 13.1. The molecule has 0 amide bonds. The third-order valence-corrected chi connectivity index (χ3v) is 7.13. The fraction of sp³-hybridized carbons (Fsp3) is 0.423. The molecule has 2 saturated heterocycles. The number of ether oxygens (including phenoxy) is 3. The van der Waals surface area contributed by atoms with Crippen LogP contribution in [0.1, 0.15) is 18.6 Å². The summed E-state index contributed by atoms with van der Waals surface area (Å²) in [6.07, 6.45) is -13.8. The van der Waals surface area contributed by atoms with E-state index >= 15 is 0 Å². The van der Waals surface area contributed by atoms with E-state index in [-0.39, 0.29) is 22.3 Å². The predicted molar refractivity (Wildman–Crippen MR) is 133 cm³/mol. The van der Waals surface area contributed by atoms with E-state index in [1.165, 1.54) is 19.1 Å². The average Bonchev–Trinajstić information content (AvgIpc) is 2.90. The minimum atomic E-state index is -1.78. The van der Waals surface area contributed by atoms with Crippen molar-refractivity contribution >= 4 is 11.0 Å². The van der Waals surface area contributed by atoms with Crippen LogP contribution in [0.5, 0.6) is 23.0 Å². The molecule has 5 rings (SSSR count). The summed E-state index contributed by atoms with van der Waals surface area (Å²) in [5.74, 6) is -2.33. The lowest BCUT2D eigenvalue weighted by Crippen LogP contribution is -2.60. The minimum absolute atomic E-state index is 0.0497. The highest BCUT2D eigenvalue weighted by Gasteiger charge is 2.49. The van der Waals surface area contributed by atoms with Crippen molar-refractivity contribution < 1.29 is 64.6 Å². The van der Waals surface area contributed by atoms with Gasteiger partial charge >= 0.3 is 0 Å². The molecule has 0 saturated carbocycles. The molecule has 2 aliphatic rings. The number of fused-ring (bicyclic) bond motifs is 1. The van der Waals surface area contributed by atoms with E-state index in [0.717, 1.165) is 18.2 Å². The molecule has 9 N–H and O–H groups in total. The summed E-state index contributed by atoms with van der Waals surface area (Å²) in [6, 6.07) is 5.73. The van der Waals surface area contributed by atoms with Crippen LogP contribution in [0, 0.1) is 0 Å². The third-order valence-electron chi connectivity index (χ3n) is 7.13. The van der Waals surface area contributed by atoms with Gasteiger partial charge in [-0.1, -0.05) is 0 Å². The number of hydrogen-bond acceptors (Lipinski definition) is 14. The SMILES string of the molecule is C[C@@H]1O[C@@H](O[C@@H]2[C@@H](O)[C@@H](O)CO[C@H]2c2c(O)cc3oc(-c4ccc(O)c(O)c4)cc(=O)c3c2O)[C@H](O)[C@H](O)[C@H]1O. The molecule has 3 heterocycles. The van der Waals surface area contributed by atoms with Gasteiger partial charge in [0.05, 0.1) is 18.3 Å². The number of aliphatic hydroxyl groups excluding tert-OH is 5. The number of benzene rings is 2. The van der Waals surface area contributed by atoms with Gasteiger partial charge in [-0.3, -0.25) is 4.79 Å². The van der Waals surface area contributed by atoms with Crippen LogP contribution in [0.2, 0.25) is 0 Å². The van der Waals surface area contributed by atoms with Crippen LogP contribution in [0.3, 0.4) is 0 Å². The lowest BCUT2D eigenvalue weighted by atomic mass is 9.91. The number of phenolic OH excluding ortho intramolecular Hbond substituents is 4. The summed E-state index contributed by atoms with van der Waals surface area (Å²) in [4.78, 5) is 13.1. The molecule has 2 aromatic carbocycles. The molecular weight excluding hydrogens is 536 g/mol. The largest absolute Gasteiger partial charge is 0.507 e. The number of phenols is 4. The Balaban J connectivity index is 1.56. The van der Waals surface area contributed by atoms with Gasteiger partial charge in [-0.15, -0.1) is 0 Å². The Labute approximate surface area is 225 Å². The van der Waals surface area contributed by atoms with E-state index in [2.05, 4.69) is 0 Å². The molecule has 0 aliphatic carbocycles. The van der Waals surface area contributed by atoms with Gasteiger partial charge in [-0.05, 0) is 25.1 Å². The second-order valence-corrected chi connectivity index (χ2v) is 9.80. The molecule has 3 aromatic rings. The summed E-state index contributed by atoms with van der Waals surface area (Å²) in [6.45, 7) is 0.941. The molecule has 0 bridgehead atoms. The van der Waals surface area contributed by atoms with Gasteiger partial charge in [0.1, 0.15) is 71.0 Å². The average molecular weight is 564 g/mol.